The Bertz CT molecular complexity index is 618. The molecule has 2 rings (SSSR count). The maximum Gasteiger partial charge on any atom is 0.226 e. The quantitative estimate of drug-likeness (QED) is 0.757. The van der Waals surface area contributed by atoms with Crippen LogP contribution in [0.25, 0.3) is 0 Å². The van der Waals surface area contributed by atoms with Crippen molar-refractivity contribution in [2.45, 2.75) is 52.1 Å². The molecule has 0 aromatic heterocycles. The molecule has 1 heterocycles. The first-order valence-electron chi connectivity index (χ1n) is 7.83. The zero-order chi connectivity index (χ0) is 17.2. The van der Waals surface area contributed by atoms with Crippen molar-refractivity contribution in [3.63, 3.8) is 0 Å². The van der Waals surface area contributed by atoms with Crippen LogP contribution in [0.3, 0.4) is 0 Å². The molecule has 2 N–H and O–H groups in total. The number of nitrogens with zero attached hydrogens (tertiary/aromatic N) is 1. The highest BCUT2D eigenvalue weighted by atomic mass is 79.9. The van der Waals surface area contributed by atoms with E-state index in [2.05, 4.69) is 52.2 Å². The maximum atomic E-state index is 12.2. The van der Waals surface area contributed by atoms with E-state index in [0.29, 0.717) is 19.0 Å². The Balaban J connectivity index is 1.90. The highest BCUT2D eigenvalue weighted by Crippen LogP contribution is 2.23. The van der Waals surface area contributed by atoms with Crippen molar-refractivity contribution in [2.75, 3.05) is 11.9 Å². The summed E-state index contributed by atoms with van der Waals surface area (Å²) in [6.07, 6.45) is 1.42. The van der Waals surface area contributed by atoms with Crippen molar-refractivity contribution >= 4 is 44.9 Å². The minimum atomic E-state index is 0.00950. The number of nitrogens with one attached hydrogen (secondary N) is 2. The van der Waals surface area contributed by atoms with Gasteiger partial charge in [0, 0.05) is 34.7 Å². The molecule has 1 atom stereocenters. The lowest BCUT2D eigenvalue weighted by molar-refractivity contribution is -0.116. The molecule has 1 aliphatic rings. The molecule has 4 nitrogen and oxygen atoms in total. The average Bonchev–Trinajstić information content (AvgIpc) is 2.39. The first-order valence-corrected chi connectivity index (χ1v) is 9.03. The van der Waals surface area contributed by atoms with E-state index in [-0.39, 0.29) is 11.4 Å². The monoisotopic (exact) mass is 397 g/mol. The fraction of sp³-hybridized carbons (Fsp3) is 0.529. The summed E-state index contributed by atoms with van der Waals surface area (Å²) < 4.78 is 1.01. The number of aryl methyl sites for hydroxylation is 1. The Kier molecular flexibility index (Phi) is 5.68. The van der Waals surface area contributed by atoms with E-state index in [4.69, 9.17) is 12.2 Å². The van der Waals surface area contributed by atoms with Gasteiger partial charge < -0.3 is 15.5 Å². The lowest BCUT2D eigenvalue weighted by atomic mass is 9.93. The van der Waals surface area contributed by atoms with Crippen LogP contribution in [0, 0.1) is 6.92 Å². The molecule has 6 heteroatoms. The van der Waals surface area contributed by atoms with Crippen LogP contribution < -0.4 is 10.6 Å². The molecule has 126 valence electrons. The molecule has 1 aromatic carbocycles. The third-order valence-electron chi connectivity index (χ3n) is 4.09. The van der Waals surface area contributed by atoms with E-state index in [9.17, 15) is 4.79 Å². The largest absolute Gasteiger partial charge is 0.358 e. The molecule has 1 aliphatic heterocycles. The van der Waals surface area contributed by atoms with Gasteiger partial charge in [-0.1, -0.05) is 15.9 Å². The Morgan fingerprint density at radius 1 is 1.52 bits per heavy atom. The summed E-state index contributed by atoms with van der Waals surface area (Å²) >= 11 is 8.87. The lowest BCUT2D eigenvalue weighted by Crippen LogP contribution is -2.60. The van der Waals surface area contributed by atoms with Gasteiger partial charge in [0.2, 0.25) is 5.91 Å². The molecular formula is C17H24BrN3OS. The fourth-order valence-electron chi connectivity index (χ4n) is 2.99. The summed E-state index contributed by atoms with van der Waals surface area (Å²) in [5, 5.41) is 7.06. The molecule has 23 heavy (non-hydrogen) atoms. The lowest BCUT2D eigenvalue weighted by Gasteiger charge is -2.44. The summed E-state index contributed by atoms with van der Waals surface area (Å²) in [7, 11) is 0. The SMILES string of the molecule is Cc1cc(Br)ccc1NC(=O)CCN1C(=S)NC(C)(C)CC1C. The van der Waals surface area contributed by atoms with E-state index in [1.54, 1.807) is 0 Å². The number of hydrogen-bond donors (Lipinski definition) is 2. The van der Waals surface area contributed by atoms with Crippen molar-refractivity contribution < 1.29 is 4.79 Å². The van der Waals surface area contributed by atoms with Crippen LogP contribution in [0.1, 0.15) is 39.2 Å². The number of hydrogen-bond acceptors (Lipinski definition) is 2. The normalized spacial score (nSPS) is 20.1. The van der Waals surface area contributed by atoms with Gasteiger partial charge in [-0.3, -0.25) is 4.79 Å². The van der Waals surface area contributed by atoms with E-state index in [1.165, 1.54) is 0 Å². The van der Waals surface area contributed by atoms with Crippen LogP contribution in [0.5, 0.6) is 0 Å². The second kappa shape index (κ2) is 7.18. The second-order valence-electron chi connectivity index (χ2n) is 6.82. The van der Waals surface area contributed by atoms with Crippen LogP contribution in [0.2, 0.25) is 0 Å². The third kappa shape index (κ3) is 4.91. The predicted octanol–water partition coefficient (Wildman–Crippen LogP) is 3.83. The van der Waals surface area contributed by atoms with Gasteiger partial charge in [0.05, 0.1) is 0 Å². The molecule has 0 radical (unpaired) electrons. The van der Waals surface area contributed by atoms with E-state index >= 15 is 0 Å². The summed E-state index contributed by atoms with van der Waals surface area (Å²) in [4.78, 5) is 14.3. The van der Waals surface area contributed by atoms with Crippen LogP contribution in [-0.2, 0) is 4.79 Å². The van der Waals surface area contributed by atoms with Gasteiger partial charge in [0.25, 0.3) is 0 Å². The zero-order valence-corrected chi connectivity index (χ0v) is 16.5. The van der Waals surface area contributed by atoms with Crippen molar-refractivity contribution in [3.05, 3.63) is 28.2 Å². The molecular weight excluding hydrogens is 374 g/mol. The van der Waals surface area contributed by atoms with E-state index < -0.39 is 0 Å². The average molecular weight is 398 g/mol. The molecule has 1 unspecified atom stereocenters. The van der Waals surface area contributed by atoms with Crippen molar-refractivity contribution in [1.82, 2.24) is 10.2 Å². The van der Waals surface area contributed by atoms with Crippen LogP contribution >= 0.6 is 28.1 Å². The van der Waals surface area contributed by atoms with Gasteiger partial charge in [-0.25, -0.2) is 0 Å². The minimum absolute atomic E-state index is 0.00950. The van der Waals surface area contributed by atoms with E-state index in [1.807, 2.05) is 25.1 Å². The first kappa shape index (κ1) is 18.2. The minimum Gasteiger partial charge on any atom is -0.358 e. The number of carbonyl (C=O) groups excluding carboxylic acids is 1. The number of rotatable bonds is 4. The molecule has 1 aromatic rings. The Morgan fingerprint density at radius 3 is 2.83 bits per heavy atom. The number of benzene rings is 1. The van der Waals surface area contributed by atoms with E-state index in [0.717, 1.165) is 27.3 Å². The molecule has 0 aliphatic carbocycles. The smallest absolute Gasteiger partial charge is 0.226 e. The zero-order valence-electron chi connectivity index (χ0n) is 14.1. The van der Waals surface area contributed by atoms with Gasteiger partial charge in [-0.15, -0.1) is 0 Å². The number of amides is 1. The standard InChI is InChI=1S/C17H24BrN3OS/c1-11-9-13(18)5-6-14(11)19-15(22)7-8-21-12(2)10-17(3,4)20-16(21)23/h5-6,9,12H,7-8,10H2,1-4H3,(H,19,22)(H,20,23). The number of anilines is 1. The summed E-state index contributed by atoms with van der Waals surface area (Å²) in [5.41, 5.74) is 1.91. The van der Waals surface area contributed by atoms with Gasteiger partial charge in [0.1, 0.15) is 0 Å². The fourth-order valence-corrected chi connectivity index (χ4v) is 4.01. The van der Waals surface area contributed by atoms with Crippen molar-refractivity contribution in [3.8, 4) is 0 Å². The molecule has 0 spiro atoms. The molecule has 1 fully saturated rings. The van der Waals surface area contributed by atoms with Crippen LogP contribution in [0.4, 0.5) is 5.69 Å². The number of halogens is 1. The second-order valence-corrected chi connectivity index (χ2v) is 8.12. The van der Waals surface area contributed by atoms with Crippen molar-refractivity contribution in [1.29, 1.82) is 0 Å². The maximum absolute atomic E-state index is 12.2. The van der Waals surface area contributed by atoms with Crippen LogP contribution in [-0.4, -0.2) is 34.0 Å². The Morgan fingerprint density at radius 2 is 2.22 bits per heavy atom. The Hall–Kier alpha value is -1.14. The molecule has 1 saturated heterocycles. The van der Waals surface area contributed by atoms with Gasteiger partial charge in [-0.2, -0.15) is 0 Å². The topological polar surface area (TPSA) is 44.4 Å². The molecule has 0 saturated carbocycles. The summed E-state index contributed by atoms with van der Waals surface area (Å²) in [6, 6.07) is 6.16. The van der Waals surface area contributed by atoms with Crippen molar-refractivity contribution in [2.24, 2.45) is 0 Å². The number of carbonyl (C=O) groups is 1. The van der Waals surface area contributed by atoms with Gasteiger partial charge >= 0.3 is 0 Å². The summed E-state index contributed by atoms with van der Waals surface area (Å²) in [5.74, 6) is 0.00950. The molecule has 0 bridgehead atoms. The highest BCUT2D eigenvalue weighted by Gasteiger charge is 2.32. The predicted molar refractivity (Wildman–Crippen MR) is 103 cm³/mol. The summed E-state index contributed by atoms with van der Waals surface area (Å²) in [6.45, 7) is 9.07. The molecule has 1 amide bonds. The van der Waals surface area contributed by atoms with Gasteiger partial charge in [0.15, 0.2) is 5.11 Å². The Labute approximate surface area is 152 Å². The van der Waals surface area contributed by atoms with Gasteiger partial charge in [-0.05, 0) is 70.1 Å². The third-order valence-corrected chi connectivity index (χ3v) is 4.92. The van der Waals surface area contributed by atoms with Crippen LogP contribution in [0.15, 0.2) is 22.7 Å². The number of thiocarbonyl (C=S) groups is 1. The highest BCUT2D eigenvalue weighted by molar-refractivity contribution is 9.10. The first-order chi connectivity index (χ1) is 10.7.